The van der Waals surface area contributed by atoms with Crippen LogP contribution in [-0.2, 0) is 11.3 Å². The van der Waals surface area contributed by atoms with Gasteiger partial charge in [-0.3, -0.25) is 4.79 Å². The molecule has 20 heavy (non-hydrogen) atoms. The van der Waals surface area contributed by atoms with Crippen molar-refractivity contribution in [3.63, 3.8) is 0 Å². The van der Waals surface area contributed by atoms with E-state index in [1.807, 2.05) is 37.3 Å². The molecule has 1 aliphatic carbocycles. The predicted molar refractivity (Wildman–Crippen MR) is 73.6 cm³/mol. The van der Waals surface area contributed by atoms with Crippen molar-refractivity contribution in [2.24, 2.45) is 5.92 Å². The number of hydrogen-bond acceptors (Lipinski definition) is 4. The van der Waals surface area contributed by atoms with Gasteiger partial charge in [0.1, 0.15) is 6.54 Å². The van der Waals surface area contributed by atoms with Gasteiger partial charge in [0, 0.05) is 11.6 Å². The quantitative estimate of drug-likeness (QED) is 0.888. The molecule has 0 spiro atoms. The van der Waals surface area contributed by atoms with Gasteiger partial charge in [0.15, 0.2) is 0 Å². The summed E-state index contributed by atoms with van der Waals surface area (Å²) in [6.07, 6.45) is 2.42. The van der Waals surface area contributed by atoms with E-state index >= 15 is 0 Å². The second kappa shape index (κ2) is 5.40. The number of hydrogen-bond donors (Lipinski definition) is 1. The number of amides is 1. The van der Waals surface area contributed by atoms with Crippen LogP contribution in [0.3, 0.4) is 0 Å². The van der Waals surface area contributed by atoms with Gasteiger partial charge in [0.05, 0.1) is 0 Å². The number of nitrogens with one attached hydrogen (secondary N) is 1. The van der Waals surface area contributed by atoms with Crippen LogP contribution in [-0.4, -0.2) is 32.2 Å². The first-order valence-electron chi connectivity index (χ1n) is 6.85. The fourth-order valence-corrected chi connectivity index (χ4v) is 2.16. The Hall–Kier alpha value is -2.24. The lowest BCUT2D eigenvalue weighted by Gasteiger charge is -2.11. The van der Waals surface area contributed by atoms with E-state index in [1.54, 1.807) is 0 Å². The summed E-state index contributed by atoms with van der Waals surface area (Å²) in [4.78, 5) is 13.2. The SMILES string of the molecule is CC(NC(=O)Cn1nnc(-c2ccccc2)n1)C1CC1. The van der Waals surface area contributed by atoms with Crippen molar-refractivity contribution in [2.75, 3.05) is 0 Å². The monoisotopic (exact) mass is 271 g/mol. The van der Waals surface area contributed by atoms with Crippen LogP contribution in [0.25, 0.3) is 11.4 Å². The van der Waals surface area contributed by atoms with Crippen molar-refractivity contribution in [1.29, 1.82) is 0 Å². The third-order valence-corrected chi connectivity index (χ3v) is 3.49. The molecule has 3 rings (SSSR count). The minimum atomic E-state index is -0.0681. The summed E-state index contributed by atoms with van der Waals surface area (Å²) in [6.45, 7) is 2.15. The van der Waals surface area contributed by atoms with E-state index in [-0.39, 0.29) is 18.5 Å². The molecule has 1 saturated carbocycles. The highest BCUT2D eigenvalue weighted by molar-refractivity contribution is 5.75. The van der Waals surface area contributed by atoms with Crippen molar-refractivity contribution in [3.8, 4) is 11.4 Å². The van der Waals surface area contributed by atoms with Gasteiger partial charge >= 0.3 is 0 Å². The van der Waals surface area contributed by atoms with Crippen LogP contribution >= 0.6 is 0 Å². The maximum absolute atomic E-state index is 11.9. The van der Waals surface area contributed by atoms with E-state index in [0.717, 1.165) is 5.56 Å². The largest absolute Gasteiger partial charge is 0.352 e. The molecule has 1 fully saturated rings. The van der Waals surface area contributed by atoms with Gasteiger partial charge in [-0.15, -0.1) is 10.2 Å². The van der Waals surface area contributed by atoms with E-state index in [2.05, 4.69) is 20.7 Å². The van der Waals surface area contributed by atoms with Crippen molar-refractivity contribution in [3.05, 3.63) is 30.3 Å². The van der Waals surface area contributed by atoms with E-state index in [1.165, 1.54) is 17.6 Å². The minimum absolute atomic E-state index is 0.0681. The van der Waals surface area contributed by atoms with Crippen LogP contribution in [0.15, 0.2) is 30.3 Å². The van der Waals surface area contributed by atoms with Crippen molar-refractivity contribution in [1.82, 2.24) is 25.5 Å². The zero-order chi connectivity index (χ0) is 13.9. The zero-order valence-corrected chi connectivity index (χ0v) is 11.4. The van der Waals surface area contributed by atoms with Crippen LogP contribution in [0.4, 0.5) is 0 Å². The number of carbonyl (C=O) groups is 1. The molecule has 0 aliphatic heterocycles. The van der Waals surface area contributed by atoms with E-state index < -0.39 is 0 Å². The molecule has 1 heterocycles. The van der Waals surface area contributed by atoms with Gasteiger partial charge in [-0.2, -0.15) is 4.80 Å². The average molecular weight is 271 g/mol. The first kappa shape index (κ1) is 12.8. The van der Waals surface area contributed by atoms with Gasteiger partial charge in [-0.1, -0.05) is 30.3 Å². The fourth-order valence-electron chi connectivity index (χ4n) is 2.16. The molecule has 1 atom stereocenters. The summed E-state index contributed by atoms with van der Waals surface area (Å²) in [5, 5.41) is 15.1. The normalized spacial score (nSPS) is 15.8. The Morgan fingerprint density at radius 1 is 1.40 bits per heavy atom. The number of rotatable bonds is 5. The second-order valence-electron chi connectivity index (χ2n) is 5.20. The summed E-state index contributed by atoms with van der Waals surface area (Å²) < 4.78 is 0. The Morgan fingerprint density at radius 2 is 2.15 bits per heavy atom. The van der Waals surface area contributed by atoms with Crippen molar-refractivity contribution in [2.45, 2.75) is 32.4 Å². The van der Waals surface area contributed by atoms with Crippen LogP contribution in [0.1, 0.15) is 19.8 Å². The maximum atomic E-state index is 11.9. The van der Waals surface area contributed by atoms with E-state index in [9.17, 15) is 4.79 Å². The Morgan fingerprint density at radius 3 is 2.85 bits per heavy atom. The van der Waals surface area contributed by atoms with Crippen LogP contribution in [0, 0.1) is 5.92 Å². The second-order valence-corrected chi connectivity index (χ2v) is 5.20. The molecular formula is C14H17N5O. The third-order valence-electron chi connectivity index (χ3n) is 3.49. The first-order valence-corrected chi connectivity index (χ1v) is 6.85. The molecule has 1 aliphatic rings. The standard InChI is InChI=1S/C14H17N5O/c1-10(11-7-8-11)15-13(20)9-19-17-14(16-18-19)12-5-3-2-4-6-12/h2-6,10-11H,7-9H2,1H3,(H,15,20). The minimum Gasteiger partial charge on any atom is -0.352 e. The Kier molecular flexibility index (Phi) is 3.45. The number of nitrogens with zero attached hydrogens (tertiary/aromatic N) is 4. The molecule has 0 saturated heterocycles. The van der Waals surface area contributed by atoms with Crippen molar-refractivity contribution < 1.29 is 4.79 Å². The summed E-state index contributed by atoms with van der Waals surface area (Å²) in [7, 11) is 0. The molecule has 0 radical (unpaired) electrons. The molecule has 1 aromatic heterocycles. The molecule has 6 nitrogen and oxygen atoms in total. The fraction of sp³-hybridized carbons (Fsp3) is 0.429. The molecule has 6 heteroatoms. The van der Waals surface area contributed by atoms with E-state index in [0.29, 0.717) is 11.7 Å². The summed E-state index contributed by atoms with van der Waals surface area (Å²) >= 11 is 0. The maximum Gasteiger partial charge on any atom is 0.243 e. The molecule has 1 unspecified atom stereocenters. The van der Waals surface area contributed by atoms with Crippen LogP contribution in [0.5, 0.6) is 0 Å². The van der Waals surface area contributed by atoms with Gasteiger partial charge in [0.25, 0.3) is 0 Å². The first-order chi connectivity index (χ1) is 9.72. The number of aromatic nitrogens is 4. The topological polar surface area (TPSA) is 72.7 Å². The highest BCUT2D eigenvalue weighted by Gasteiger charge is 2.28. The van der Waals surface area contributed by atoms with Gasteiger partial charge in [-0.25, -0.2) is 0 Å². The summed E-state index contributed by atoms with van der Waals surface area (Å²) in [5.41, 5.74) is 0.894. The zero-order valence-electron chi connectivity index (χ0n) is 11.4. The molecule has 1 aromatic carbocycles. The molecule has 0 bridgehead atoms. The lowest BCUT2D eigenvalue weighted by Crippen LogP contribution is -2.36. The highest BCUT2D eigenvalue weighted by Crippen LogP contribution is 2.32. The van der Waals surface area contributed by atoms with Crippen LogP contribution < -0.4 is 5.32 Å². The summed E-state index contributed by atoms with van der Waals surface area (Å²) in [5.74, 6) is 1.11. The molecule has 104 valence electrons. The van der Waals surface area contributed by atoms with Gasteiger partial charge < -0.3 is 5.32 Å². The van der Waals surface area contributed by atoms with Gasteiger partial charge in [0.2, 0.25) is 11.7 Å². The van der Waals surface area contributed by atoms with E-state index in [4.69, 9.17) is 0 Å². The number of tetrazole rings is 1. The van der Waals surface area contributed by atoms with Crippen molar-refractivity contribution >= 4 is 5.91 Å². The average Bonchev–Trinajstić information content (AvgIpc) is 3.21. The van der Waals surface area contributed by atoms with Gasteiger partial charge in [-0.05, 0) is 30.9 Å². The molecule has 2 aromatic rings. The predicted octanol–water partition coefficient (Wildman–Crippen LogP) is 1.25. The Balaban J connectivity index is 1.61. The smallest absolute Gasteiger partial charge is 0.243 e. The van der Waals surface area contributed by atoms with Crippen LogP contribution in [0.2, 0.25) is 0 Å². The molecular weight excluding hydrogens is 254 g/mol. The number of carbonyl (C=O) groups excluding carboxylic acids is 1. The Bertz CT molecular complexity index is 591. The highest BCUT2D eigenvalue weighted by atomic mass is 16.2. The lowest BCUT2D eigenvalue weighted by atomic mass is 10.2. The third kappa shape index (κ3) is 3.01. The lowest BCUT2D eigenvalue weighted by molar-refractivity contribution is -0.122. The summed E-state index contributed by atoms with van der Waals surface area (Å²) in [6, 6.07) is 9.83. The molecule has 1 amide bonds. The Labute approximate surface area is 117 Å². The molecule has 1 N–H and O–H groups in total. The number of benzene rings is 1.